The number of hydrogen-bond donors (Lipinski definition) is 1. The fourth-order valence-electron chi connectivity index (χ4n) is 8.14. The summed E-state index contributed by atoms with van der Waals surface area (Å²) in [5.74, 6) is -5.36. The molecule has 1 aliphatic heterocycles. The number of thiophene rings is 1. The number of hydrogen-bond acceptors (Lipinski definition) is 16. The van der Waals surface area contributed by atoms with Crippen LogP contribution in [0, 0.1) is 23.3 Å². The Hall–Kier alpha value is -3.94. The van der Waals surface area contributed by atoms with Gasteiger partial charge in [0.25, 0.3) is 5.91 Å². The number of fused-ring (bicyclic) bond motifs is 1. The first kappa shape index (κ1) is 66.6. The molecule has 21 heteroatoms. The molecule has 0 aliphatic carbocycles. The molecule has 2 N–H and O–H groups in total. The van der Waals surface area contributed by atoms with Crippen molar-refractivity contribution in [2.75, 3.05) is 166 Å². The number of carbonyl (C=O) groups is 1. The van der Waals surface area contributed by atoms with Crippen molar-refractivity contribution in [1.29, 1.82) is 0 Å². The van der Waals surface area contributed by atoms with Gasteiger partial charge in [-0.2, -0.15) is 0 Å². The van der Waals surface area contributed by atoms with Crippen LogP contribution in [-0.4, -0.2) is 193 Å². The van der Waals surface area contributed by atoms with Crippen molar-refractivity contribution in [3.8, 4) is 0 Å². The normalized spacial score (nSPS) is 13.1. The van der Waals surface area contributed by atoms with E-state index in [0.29, 0.717) is 137 Å². The first-order valence-electron chi connectivity index (χ1n) is 27.4. The highest BCUT2D eigenvalue weighted by Gasteiger charge is 2.26. The molecule has 2 aromatic carbocycles. The van der Waals surface area contributed by atoms with E-state index in [-0.39, 0.29) is 38.2 Å². The lowest BCUT2D eigenvalue weighted by Crippen LogP contribution is -2.33. The van der Waals surface area contributed by atoms with Gasteiger partial charge in [0, 0.05) is 49.1 Å². The molecular formula is C57H87F4N5O11S. The number of amidine groups is 1. The fourth-order valence-corrected chi connectivity index (χ4v) is 9.25. The van der Waals surface area contributed by atoms with E-state index < -0.39 is 34.9 Å². The Morgan fingerprint density at radius 2 is 1.09 bits per heavy atom. The van der Waals surface area contributed by atoms with Crippen LogP contribution in [0.25, 0.3) is 6.08 Å². The molecule has 3 aromatic rings. The van der Waals surface area contributed by atoms with Crippen molar-refractivity contribution >= 4 is 34.8 Å². The summed E-state index contributed by atoms with van der Waals surface area (Å²) in [5, 5.41) is 0. The Balaban J connectivity index is 0.869. The third-order valence-corrected chi connectivity index (χ3v) is 13.3. The zero-order valence-electron chi connectivity index (χ0n) is 46.8. The second-order valence-corrected chi connectivity index (χ2v) is 20.1. The van der Waals surface area contributed by atoms with Crippen molar-refractivity contribution in [1.82, 2.24) is 14.7 Å². The molecule has 1 amide bonds. The summed E-state index contributed by atoms with van der Waals surface area (Å²) >= 11 is 1.71. The van der Waals surface area contributed by atoms with Crippen LogP contribution in [0.2, 0.25) is 0 Å². The quantitative estimate of drug-likeness (QED) is 0.0326. The van der Waals surface area contributed by atoms with Gasteiger partial charge in [-0.25, -0.2) is 22.6 Å². The number of nitrogens with zero attached hydrogens (tertiary/aromatic N) is 4. The van der Waals surface area contributed by atoms with Crippen LogP contribution < -0.4 is 5.73 Å². The van der Waals surface area contributed by atoms with Gasteiger partial charge in [-0.3, -0.25) is 4.79 Å². The highest BCUT2D eigenvalue weighted by atomic mass is 32.1. The van der Waals surface area contributed by atoms with Crippen LogP contribution in [0.15, 0.2) is 47.0 Å². The van der Waals surface area contributed by atoms with E-state index >= 15 is 0 Å². The van der Waals surface area contributed by atoms with Crippen molar-refractivity contribution < 1.29 is 69.7 Å². The monoisotopic (exact) mass is 1130 g/mol. The van der Waals surface area contributed by atoms with Crippen molar-refractivity contribution in [2.45, 2.75) is 78.0 Å². The van der Waals surface area contributed by atoms with Crippen LogP contribution in [0.1, 0.15) is 84.9 Å². The van der Waals surface area contributed by atoms with Gasteiger partial charge in [0.2, 0.25) is 0 Å². The third kappa shape index (κ3) is 27.0. The smallest absolute Gasteiger partial charge is 0.250 e. The second kappa shape index (κ2) is 40.3. The summed E-state index contributed by atoms with van der Waals surface area (Å²) in [6.45, 7) is 15.2. The van der Waals surface area contributed by atoms with E-state index in [4.69, 9.17) is 58.1 Å². The largest absolute Gasteiger partial charge is 0.387 e. The lowest BCUT2D eigenvalue weighted by atomic mass is 10.0. The molecule has 1 aromatic heterocycles. The van der Waals surface area contributed by atoms with E-state index in [0.717, 1.165) is 67.9 Å². The first-order valence-corrected chi connectivity index (χ1v) is 28.2. The van der Waals surface area contributed by atoms with Crippen molar-refractivity contribution in [2.24, 2.45) is 10.7 Å². The maximum atomic E-state index is 14.1. The molecule has 78 heavy (non-hydrogen) atoms. The van der Waals surface area contributed by atoms with Crippen LogP contribution in [-0.2, 0) is 71.7 Å². The molecule has 1 atom stereocenters. The minimum atomic E-state index is -1.47. The number of unbranched alkanes of at least 4 members (excludes halogenated alkanes) is 2. The standard InChI is InChI=1S/C57H87F4N5O11S/c1-6-16-66(43-45-14-12-44(13-15-45)42-64(3)4)57(67)46-38-52-50(63-53(62)39-46)40-47(78-52)11-9-8-10-17-65(5)18-19-68-20-21-69-22-23-70-24-25-71-26-27-72-28-29-73-30-31-74-32-33-75-34-35-76-36-37-77-51(7-2)54-55(60)48(58)41-49(59)56(54)61/h12-15,38,40-41,51H,6-11,16-37,39,42-43H2,1-5H3,(H2,62,63). The Morgan fingerprint density at radius 3 is 1.56 bits per heavy atom. The van der Waals surface area contributed by atoms with Crippen LogP contribution in [0.5, 0.6) is 0 Å². The molecule has 0 saturated carbocycles. The zero-order valence-corrected chi connectivity index (χ0v) is 47.6. The average Bonchev–Trinajstić information content (AvgIpc) is 3.77. The third-order valence-electron chi connectivity index (χ3n) is 12.1. The van der Waals surface area contributed by atoms with Gasteiger partial charge >= 0.3 is 0 Å². The fraction of sp³-hybridized carbons (Fsp3) is 0.649. The number of halogens is 4. The predicted octanol–water partition coefficient (Wildman–Crippen LogP) is 8.54. The van der Waals surface area contributed by atoms with E-state index in [1.165, 1.54) is 10.4 Å². The molecule has 0 fully saturated rings. The molecule has 4 rings (SSSR count). The van der Waals surface area contributed by atoms with Crippen LogP contribution >= 0.6 is 11.3 Å². The number of ether oxygens (including phenoxy) is 10. The van der Waals surface area contributed by atoms with Crippen LogP contribution in [0.3, 0.4) is 0 Å². The van der Waals surface area contributed by atoms with Crippen LogP contribution in [0.4, 0.5) is 23.2 Å². The minimum absolute atomic E-state index is 0.0202. The lowest BCUT2D eigenvalue weighted by Gasteiger charge is -2.24. The van der Waals surface area contributed by atoms with Crippen molar-refractivity contribution in [3.63, 3.8) is 0 Å². The second-order valence-electron chi connectivity index (χ2n) is 19.0. The molecule has 0 spiro atoms. The Bertz CT molecular complexity index is 2150. The molecular weight excluding hydrogens is 1040 g/mol. The number of nitrogens with two attached hydrogens (primary N) is 1. The summed E-state index contributed by atoms with van der Waals surface area (Å²) < 4.78 is 110. The maximum absolute atomic E-state index is 14.1. The van der Waals surface area contributed by atoms with Gasteiger partial charge in [0.1, 0.15) is 5.84 Å². The molecule has 1 unspecified atom stereocenters. The molecule has 2 heterocycles. The van der Waals surface area contributed by atoms with Crippen molar-refractivity contribution in [3.05, 3.63) is 91.7 Å². The van der Waals surface area contributed by atoms with E-state index in [1.54, 1.807) is 18.3 Å². The Morgan fingerprint density at radius 1 is 0.615 bits per heavy atom. The number of aliphatic imine (C=N–C) groups is 1. The van der Waals surface area contributed by atoms with Gasteiger partial charge in [-0.05, 0) is 83.1 Å². The van der Waals surface area contributed by atoms with E-state index in [2.05, 4.69) is 68.2 Å². The molecule has 16 nitrogen and oxygen atoms in total. The van der Waals surface area contributed by atoms with E-state index in [1.807, 2.05) is 11.0 Å². The number of aryl methyl sites for hydroxylation is 1. The Kier molecular flexibility index (Phi) is 34.4. The molecule has 0 saturated heterocycles. The number of benzene rings is 2. The van der Waals surface area contributed by atoms with Gasteiger partial charge in [-0.15, -0.1) is 11.3 Å². The van der Waals surface area contributed by atoms with E-state index in [9.17, 15) is 22.4 Å². The zero-order chi connectivity index (χ0) is 56.2. The predicted molar refractivity (Wildman–Crippen MR) is 295 cm³/mol. The molecule has 1 aliphatic rings. The molecule has 0 bridgehead atoms. The molecule has 0 radical (unpaired) electrons. The summed E-state index contributed by atoms with van der Waals surface area (Å²) in [4.78, 5) is 27.3. The van der Waals surface area contributed by atoms with Gasteiger partial charge in [0.15, 0.2) is 23.3 Å². The molecule has 440 valence electrons. The first-order chi connectivity index (χ1) is 37.9. The number of amides is 1. The summed E-state index contributed by atoms with van der Waals surface area (Å²) in [6.07, 6.45) is 6.47. The van der Waals surface area contributed by atoms with Gasteiger partial charge in [-0.1, -0.05) is 44.5 Å². The minimum Gasteiger partial charge on any atom is -0.387 e. The lowest BCUT2D eigenvalue weighted by molar-refractivity contribution is -0.127. The number of carbonyl (C=O) groups excluding carboxylic acids is 1. The summed E-state index contributed by atoms with van der Waals surface area (Å²) in [6, 6.07) is 10.8. The Labute approximate surface area is 464 Å². The summed E-state index contributed by atoms with van der Waals surface area (Å²) in [7, 11) is 6.24. The average molecular weight is 1130 g/mol. The maximum Gasteiger partial charge on any atom is 0.250 e. The highest BCUT2D eigenvalue weighted by molar-refractivity contribution is 7.13. The summed E-state index contributed by atoms with van der Waals surface area (Å²) in [5.41, 5.74) is 9.52. The van der Waals surface area contributed by atoms with Gasteiger partial charge in [0.05, 0.1) is 148 Å². The van der Waals surface area contributed by atoms with Gasteiger partial charge < -0.3 is 67.8 Å². The SMILES string of the molecule is CCCN(Cc1ccc(CN(C)C)cc1)C(=O)C1=Cc2sc(CCCCCN(C)CCOCCOCCOCCOCCOCCOCCOCCOCCOCCOC(CC)c3c(F)c(F)cc(F)c3F)cc2N=C(N)C1. The number of likely N-dealkylation sites (N-methyl/N-ethyl adjacent to an activating group) is 1. The number of rotatable bonds is 46. The highest BCUT2D eigenvalue weighted by Crippen LogP contribution is 2.36. The topological polar surface area (TPSA) is 157 Å².